The van der Waals surface area contributed by atoms with Crippen LogP contribution in [0.1, 0.15) is 40.4 Å². The second kappa shape index (κ2) is 7.00. The number of hydrogen-bond acceptors (Lipinski definition) is 4. The van der Waals surface area contributed by atoms with E-state index in [-0.39, 0.29) is 17.2 Å². The van der Waals surface area contributed by atoms with Gasteiger partial charge in [0.1, 0.15) is 5.69 Å². The van der Waals surface area contributed by atoms with E-state index in [0.29, 0.717) is 18.3 Å². The monoisotopic (exact) mass is 279 g/mol. The number of rotatable bonds is 6. The average Bonchev–Trinajstić information content (AvgIpc) is 2.37. The van der Waals surface area contributed by atoms with Crippen LogP contribution in [0.15, 0.2) is 12.1 Å². The molecule has 0 atom stereocenters. The molecule has 1 aromatic rings. The summed E-state index contributed by atoms with van der Waals surface area (Å²) in [5.41, 5.74) is 0.685. The molecule has 1 rings (SSSR count). The van der Waals surface area contributed by atoms with Crippen LogP contribution in [0.25, 0.3) is 0 Å². The van der Waals surface area contributed by atoms with Crippen molar-refractivity contribution < 1.29 is 14.7 Å². The molecule has 6 heteroatoms. The summed E-state index contributed by atoms with van der Waals surface area (Å²) in [6.45, 7) is 7.01. The van der Waals surface area contributed by atoms with Crippen molar-refractivity contribution in [3.8, 4) is 0 Å². The first kappa shape index (κ1) is 16.1. The molecule has 0 aliphatic carbocycles. The van der Waals surface area contributed by atoms with Crippen LogP contribution in [-0.2, 0) is 0 Å². The molecule has 0 saturated heterocycles. The number of pyridine rings is 1. The molecule has 0 bridgehead atoms. The molecular formula is C14H21N3O3. The lowest BCUT2D eigenvalue weighted by Crippen LogP contribution is -2.36. The summed E-state index contributed by atoms with van der Waals surface area (Å²) in [5, 5.41) is 11.7. The molecule has 110 valence electrons. The van der Waals surface area contributed by atoms with Crippen LogP contribution in [-0.4, -0.2) is 53.0 Å². The molecule has 20 heavy (non-hydrogen) atoms. The molecule has 0 aliphatic heterocycles. The van der Waals surface area contributed by atoms with Gasteiger partial charge in [-0.2, -0.15) is 0 Å². The highest BCUT2D eigenvalue weighted by molar-refractivity contribution is 5.94. The van der Waals surface area contributed by atoms with Crippen molar-refractivity contribution in [3.63, 3.8) is 0 Å². The van der Waals surface area contributed by atoms with Crippen molar-refractivity contribution in [1.82, 2.24) is 15.2 Å². The minimum absolute atomic E-state index is 0.112. The van der Waals surface area contributed by atoms with E-state index >= 15 is 0 Å². The number of nitrogens with zero attached hydrogens (tertiary/aromatic N) is 2. The summed E-state index contributed by atoms with van der Waals surface area (Å²) in [7, 11) is 1.99. The smallest absolute Gasteiger partial charge is 0.337 e. The molecule has 0 spiro atoms. The Hall–Kier alpha value is -1.95. The van der Waals surface area contributed by atoms with Crippen LogP contribution in [0.4, 0.5) is 0 Å². The molecule has 0 unspecified atom stereocenters. The molecule has 6 nitrogen and oxygen atoms in total. The fourth-order valence-electron chi connectivity index (χ4n) is 1.61. The second-order valence-corrected chi connectivity index (χ2v) is 4.96. The molecule has 1 aromatic heterocycles. The van der Waals surface area contributed by atoms with Crippen LogP contribution < -0.4 is 5.32 Å². The van der Waals surface area contributed by atoms with Crippen LogP contribution in [0.5, 0.6) is 0 Å². The summed E-state index contributed by atoms with van der Waals surface area (Å²) in [6.07, 6.45) is 0. The Morgan fingerprint density at radius 3 is 2.55 bits per heavy atom. The van der Waals surface area contributed by atoms with Gasteiger partial charge in [0, 0.05) is 19.1 Å². The lowest BCUT2D eigenvalue weighted by Gasteiger charge is -2.20. The van der Waals surface area contributed by atoms with E-state index in [1.807, 2.05) is 7.05 Å². The maximum Gasteiger partial charge on any atom is 0.337 e. The van der Waals surface area contributed by atoms with Crippen molar-refractivity contribution in [2.75, 3.05) is 20.1 Å². The van der Waals surface area contributed by atoms with Crippen molar-refractivity contribution in [2.24, 2.45) is 0 Å². The molecule has 0 aliphatic rings. The number of carboxylic acid groups (broad SMARTS) is 1. The van der Waals surface area contributed by atoms with Crippen molar-refractivity contribution in [2.45, 2.75) is 26.8 Å². The van der Waals surface area contributed by atoms with E-state index in [1.54, 1.807) is 6.92 Å². The van der Waals surface area contributed by atoms with Gasteiger partial charge >= 0.3 is 5.97 Å². The number of aryl methyl sites for hydroxylation is 1. The minimum Gasteiger partial charge on any atom is -0.478 e. The molecule has 1 heterocycles. The predicted molar refractivity (Wildman–Crippen MR) is 76.0 cm³/mol. The summed E-state index contributed by atoms with van der Waals surface area (Å²) in [6, 6.07) is 3.25. The number of carbonyl (C=O) groups excluding carboxylic acids is 1. The molecule has 1 amide bonds. The summed E-state index contributed by atoms with van der Waals surface area (Å²) in [5.74, 6) is -1.33. The number of carboxylic acids is 1. The summed E-state index contributed by atoms with van der Waals surface area (Å²) >= 11 is 0. The lowest BCUT2D eigenvalue weighted by molar-refractivity contribution is 0.0694. The molecule has 0 radical (unpaired) electrons. The maximum atomic E-state index is 11.9. The van der Waals surface area contributed by atoms with Gasteiger partial charge < -0.3 is 15.3 Å². The number of nitrogens with one attached hydrogen (secondary N) is 1. The highest BCUT2D eigenvalue weighted by atomic mass is 16.4. The third-order valence-corrected chi connectivity index (χ3v) is 3.18. The zero-order valence-electron chi connectivity index (χ0n) is 12.3. The van der Waals surface area contributed by atoms with Gasteiger partial charge in [0.25, 0.3) is 5.91 Å². The third-order valence-electron chi connectivity index (χ3n) is 3.18. The van der Waals surface area contributed by atoms with Gasteiger partial charge in [-0.05, 0) is 40.0 Å². The molecular weight excluding hydrogens is 258 g/mol. The van der Waals surface area contributed by atoms with Crippen LogP contribution in [0, 0.1) is 6.92 Å². The first-order valence-corrected chi connectivity index (χ1v) is 6.52. The van der Waals surface area contributed by atoms with Gasteiger partial charge in [-0.1, -0.05) is 0 Å². The number of amides is 1. The number of aromatic nitrogens is 1. The Bertz CT molecular complexity index is 500. The minimum atomic E-state index is -1.04. The van der Waals surface area contributed by atoms with Gasteiger partial charge in [-0.25, -0.2) is 9.78 Å². The first-order chi connectivity index (χ1) is 9.32. The van der Waals surface area contributed by atoms with Crippen LogP contribution in [0.2, 0.25) is 0 Å². The number of likely N-dealkylation sites (N-methyl/N-ethyl adjacent to an activating group) is 1. The highest BCUT2D eigenvalue weighted by Gasteiger charge is 2.13. The lowest BCUT2D eigenvalue weighted by atomic mass is 10.2. The Morgan fingerprint density at radius 1 is 1.40 bits per heavy atom. The largest absolute Gasteiger partial charge is 0.478 e. The molecule has 0 fully saturated rings. The van der Waals surface area contributed by atoms with Crippen molar-refractivity contribution in [1.29, 1.82) is 0 Å². The van der Waals surface area contributed by atoms with E-state index < -0.39 is 5.97 Å². The van der Waals surface area contributed by atoms with E-state index in [1.165, 1.54) is 12.1 Å². The van der Waals surface area contributed by atoms with E-state index in [9.17, 15) is 9.59 Å². The first-order valence-electron chi connectivity index (χ1n) is 6.52. The zero-order chi connectivity index (χ0) is 15.3. The Morgan fingerprint density at radius 2 is 2.05 bits per heavy atom. The Labute approximate surface area is 118 Å². The van der Waals surface area contributed by atoms with Crippen molar-refractivity contribution >= 4 is 11.9 Å². The Balaban J connectivity index is 2.60. The zero-order valence-corrected chi connectivity index (χ0v) is 12.3. The number of carbonyl (C=O) groups is 2. The second-order valence-electron chi connectivity index (χ2n) is 4.96. The average molecular weight is 279 g/mol. The SMILES string of the molecule is Cc1nc(C(=O)NCCN(C)C(C)C)ccc1C(=O)O. The van der Waals surface area contributed by atoms with Crippen LogP contribution >= 0.6 is 0 Å². The van der Waals surface area contributed by atoms with Gasteiger partial charge in [0.2, 0.25) is 0 Å². The quantitative estimate of drug-likeness (QED) is 0.816. The third kappa shape index (κ3) is 4.31. The van der Waals surface area contributed by atoms with Gasteiger partial charge in [0.15, 0.2) is 0 Å². The highest BCUT2D eigenvalue weighted by Crippen LogP contribution is 2.06. The van der Waals surface area contributed by atoms with Crippen LogP contribution in [0.3, 0.4) is 0 Å². The fourth-order valence-corrected chi connectivity index (χ4v) is 1.61. The summed E-state index contributed by atoms with van der Waals surface area (Å²) in [4.78, 5) is 28.9. The standard InChI is InChI=1S/C14H21N3O3/c1-9(2)17(4)8-7-15-13(18)12-6-5-11(14(19)20)10(3)16-12/h5-6,9H,7-8H2,1-4H3,(H,15,18)(H,19,20). The van der Waals surface area contributed by atoms with Crippen molar-refractivity contribution in [3.05, 3.63) is 29.1 Å². The van der Waals surface area contributed by atoms with Gasteiger partial charge in [-0.3, -0.25) is 4.79 Å². The summed E-state index contributed by atoms with van der Waals surface area (Å²) < 4.78 is 0. The maximum absolute atomic E-state index is 11.9. The molecule has 0 aromatic carbocycles. The molecule has 2 N–H and O–H groups in total. The number of aromatic carboxylic acids is 1. The predicted octanol–water partition coefficient (Wildman–Crippen LogP) is 1.16. The Kier molecular flexibility index (Phi) is 5.64. The fraction of sp³-hybridized carbons (Fsp3) is 0.500. The van der Waals surface area contributed by atoms with E-state index in [4.69, 9.17) is 5.11 Å². The topological polar surface area (TPSA) is 82.5 Å². The van der Waals surface area contributed by atoms with Gasteiger partial charge in [0.05, 0.1) is 11.3 Å². The molecule has 0 saturated carbocycles. The normalized spacial score (nSPS) is 10.9. The van der Waals surface area contributed by atoms with E-state index in [0.717, 1.165) is 6.54 Å². The van der Waals surface area contributed by atoms with E-state index in [2.05, 4.69) is 29.0 Å². The van der Waals surface area contributed by atoms with Gasteiger partial charge in [-0.15, -0.1) is 0 Å². The number of hydrogen-bond donors (Lipinski definition) is 2.